The lowest BCUT2D eigenvalue weighted by molar-refractivity contribution is -0.129. The van der Waals surface area contributed by atoms with E-state index in [1.807, 2.05) is 0 Å². The smallest absolute Gasteiger partial charge is 0.317 e. The molecule has 1 fully saturated rings. The van der Waals surface area contributed by atoms with Gasteiger partial charge in [0.15, 0.2) is 0 Å². The first-order valence-electron chi connectivity index (χ1n) is 5.72. The van der Waals surface area contributed by atoms with Crippen LogP contribution in [0.15, 0.2) is 0 Å². The van der Waals surface area contributed by atoms with Crippen molar-refractivity contribution < 1.29 is 9.59 Å². The number of carbonyl (C=O) groups excluding carboxylic acids is 2. The van der Waals surface area contributed by atoms with Gasteiger partial charge in [0, 0.05) is 27.2 Å². The van der Waals surface area contributed by atoms with E-state index >= 15 is 0 Å². The topological polar surface area (TPSA) is 52.7 Å². The standard InChI is InChI=1S/C11H21N3O2/c1-13(2)10(15)8-14(3)11(16)12-9-6-4-5-7-9/h9H,4-8H2,1-3H3,(H,12,16). The number of carbonyl (C=O) groups is 2. The Morgan fingerprint density at radius 2 is 1.75 bits per heavy atom. The van der Waals surface area contributed by atoms with E-state index in [0.29, 0.717) is 6.04 Å². The van der Waals surface area contributed by atoms with Gasteiger partial charge in [-0.15, -0.1) is 0 Å². The Hall–Kier alpha value is -1.26. The third-order valence-electron chi connectivity index (χ3n) is 2.90. The molecule has 0 aromatic carbocycles. The Balaban J connectivity index is 2.32. The molecule has 0 aliphatic heterocycles. The Morgan fingerprint density at radius 3 is 2.25 bits per heavy atom. The molecule has 92 valence electrons. The quantitative estimate of drug-likeness (QED) is 0.770. The summed E-state index contributed by atoms with van der Waals surface area (Å²) in [6.45, 7) is 0.131. The molecule has 1 aliphatic rings. The minimum atomic E-state index is -0.151. The third kappa shape index (κ3) is 3.72. The SMILES string of the molecule is CN(C)C(=O)CN(C)C(=O)NC1CCCC1. The van der Waals surface area contributed by atoms with E-state index in [1.165, 1.54) is 22.6 Å². The van der Waals surface area contributed by atoms with Crippen LogP contribution in [0, 0.1) is 0 Å². The number of nitrogens with one attached hydrogen (secondary N) is 1. The van der Waals surface area contributed by atoms with Gasteiger partial charge in [-0.05, 0) is 12.8 Å². The van der Waals surface area contributed by atoms with E-state index in [2.05, 4.69) is 5.32 Å². The molecule has 0 aromatic heterocycles. The average Bonchev–Trinajstić information content (AvgIpc) is 2.69. The lowest BCUT2D eigenvalue weighted by Crippen LogP contribution is -2.45. The summed E-state index contributed by atoms with van der Waals surface area (Å²) in [5.41, 5.74) is 0. The van der Waals surface area contributed by atoms with Gasteiger partial charge in [0.25, 0.3) is 0 Å². The minimum Gasteiger partial charge on any atom is -0.347 e. The van der Waals surface area contributed by atoms with Gasteiger partial charge in [0.05, 0.1) is 0 Å². The van der Waals surface area contributed by atoms with Gasteiger partial charge in [0.2, 0.25) is 5.91 Å². The van der Waals surface area contributed by atoms with Crippen LogP contribution in [0.3, 0.4) is 0 Å². The Morgan fingerprint density at radius 1 is 1.19 bits per heavy atom. The summed E-state index contributed by atoms with van der Waals surface area (Å²) in [5.74, 6) is -0.0657. The number of urea groups is 1. The molecule has 16 heavy (non-hydrogen) atoms. The van der Waals surface area contributed by atoms with Crippen molar-refractivity contribution in [1.82, 2.24) is 15.1 Å². The van der Waals surface area contributed by atoms with Gasteiger partial charge in [-0.1, -0.05) is 12.8 Å². The highest BCUT2D eigenvalue weighted by Gasteiger charge is 2.20. The number of amides is 3. The fourth-order valence-electron chi connectivity index (χ4n) is 1.77. The lowest BCUT2D eigenvalue weighted by Gasteiger charge is -2.21. The van der Waals surface area contributed by atoms with Crippen molar-refractivity contribution in [2.24, 2.45) is 0 Å². The third-order valence-corrected chi connectivity index (χ3v) is 2.90. The van der Waals surface area contributed by atoms with E-state index in [9.17, 15) is 9.59 Å². The molecule has 1 aliphatic carbocycles. The van der Waals surface area contributed by atoms with Gasteiger partial charge in [0.1, 0.15) is 6.54 Å². The molecule has 1 rings (SSSR count). The molecule has 0 aromatic rings. The van der Waals surface area contributed by atoms with Crippen molar-refractivity contribution >= 4 is 11.9 Å². The van der Waals surface area contributed by atoms with Gasteiger partial charge >= 0.3 is 6.03 Å². The highest BCUT2D eigenvalue weighted by atomic mass is 16.2. The molecule has 0 atom stereocenters. The molecule has 0 bridgehead atoms. The summed E-state index contributed by atoms with van der Waals surface area (Å²) < 4.78 is 0. The largest absolute Gasteiger partial charge is 0.347 e. The second kappa shape index (κ2) is 5.72. The maximum absolute atomic E-state index is 11.7. The molecule has 0 unspecified atom stereocenters. The van der Waals surface area contributed by atoms with Crippen LogP contribution in [0.25, 0.3) is 0 Å². The molecule has 0 radical (unpaired) electrons. The summed E-state index contributed by atoms with van der Waals surface area (Å²) in [6, 6.07) is 0.145. The summed E-state index contributed by atoms with van der Waals surface area (Å²) in [6.07, 6.45) is 4.49. The van der Waals surface area contributed by atoms with Crippen molar-refractivity contribution in [3.05, 3.63) is 0 Å². The first-order valence-corrected chi connectivity index (χ1v) is 5.72. The fraction of sp³-hybridized carbons (Fsp3) is 0.818. The first kappa shape index (κ1) is 12.8. The summed E-state index contributed by atoms with van der Waals surface area (Å²) in [7, 11) is 5.02. The highest BCUT2D eigenvalue weighted by molar-refractivity contribution is 5.83. The molecule has 0 spiro atoms. The van der Waals surface area contributed by atoms with E-state index in [-0.39, 0.29) is 18.5 Å². The minimum absolute atomic E-state index is 0.0657. The number of hydrogen-bond donors (Lipinski definition) is 1. The second-order valence-corrected chi connectivity index (χ2v) is 4.58. The number of likely N-dealkylation sites (N-methyl/N-ethyl adjacent to an activating group) is 2. The predicted octanol–water partition coefficient (Wildman–Crippen LogP) is 0.659. The van der Waals surface area contributed by atoms with E-state index in [1.54, 1.807) is 21.1 Å². The zero-order valence-electron chi connectivity index (χ0n) is 10.3. The summed E-state index contributed by atoms with van der Waals surface area (Å²) >= 11 is 0. The van der Waals surface area contributed by atoms with E-state index in [4.69, 9.17) is 0 Å². The zero-order chi connectivity index (χ0) is 12.1. The summed E-state index contributed by atoms with van der Waals surface area (Å²) in [4.78, 5) is 26.0. The van der Waals surface area contributed by atoms with Crippen molar-refractivity contribution in [2.45, 2.75) is 31.7 Å². The van der Waals surface area contributed by atoms with Crippen LogP contribution in [0.2, 0.25) is 0 Å². The molecule has 1 N–H and O–H groups in total. The van der Waals surface area contributed by atoms with Gasteiger partial charge < -0.3 is 15.1 Å². The second-order valence-electron chi connectivity index (χ2n) is 4.58. The Kier molecular flexibility index (Phi) is 4.58. The molecule has 1 saturated carbocycles. The number of rotatable bonds is 3. The average molecular weight is 227 g/mol. The zero-order valence-corrected chi connectivity index (χ0v) is 10.3. The Labute approximate surface area is 96.8 Å². The van der Waals surface area contributed by atoms with Crippen molar-refractivity contribution in [2.75, 3.05) is 27.7 Å². The van der Waals surface area contributed by atoms with Gasteiger partial charge in [-0.3, -0.25) is 4.79 Å². The molecule has 0 heterocycles. The van der Waals surface area contributed by atoms with Crippen molar-refractivity contribution in [3.8, 4) is 0 Å². The molecule has 5 nitrogen and oxygen atoms in total. The maximum Gasteiger partial charge on any atom is 0.317 e. The highest BCUT2D eigenvalue weighted by Crippen LogP contribution is 2.17. The van der Waals surface area contributed by atoms with Crippen molar-refractivity contribution in [1.29, 1.82) is 0 Å². The fourth-order valence-corrected chi connectivity index (χ4v) is 1.77. The van der Waals surface area contributed by atoms with Crippen LogP contribution in [-0.2, 0) is 4.79 Å². The van der Waals surface area contributed by atoms with Gasteiger partial charge in [-0.25, -0.2) is 4.79 Å². The van der Waals surface area contributed by atoms with Crippen LogP contribution in [0.1, 0.15) is 25.7 Å². The van der Waals surface area contributed by atoms with Crippen LogP contribution in [0.5, 0.6) is 0 Å². The lowest BCUT2D eigenvalue weighted by atomic mass is 10.2. The molecular weight excluding hydrogens is 206 g/mol. The first-order chi connectivity index (χ1) is 7.50. The molecule has 5 heteroatoms. The molecule has 0 saturated heterocycles. The van der Waals surface area contributed by atoms with Crippen molar-refractivity contribution in [3.63, 3.8) is 0 Å². The molecule has 3 amide bonds. The van der Waals surface area contributed by atoms with Crippen LogP contribution in [0.4, 0.5) is 4.79 Å². The predicted molar refractivity (Wildman–Crippen MR) is 62.1 cm³/mol. The van der Waals surface area contributed by atoms with E-state index in [0.717, 1.165) is 12.8 Å². The monoisotopic (exact) mass is 227 g/mol. The maximum atomic E-state index is 11.7. The van der Waals surface area contributed by atoms with E-state index < -0.39 is 0 Å². The van der Waals surface area contributed by atoms with Gasteiger partial charge in [-0.2, -0.15) is 0 Å². The summed E-state index contributed by atoms with van der Waals surface area (Å²) in [5, 5.41) is 2.94. The number of hydrogen-bond acceptors (Lipinski definition) is 2. The normalized spacial score (nSPS) is 15.9. The van der Waals surface area contributed by atoms with Crippen LogP contribution in [-0.4, -0.2) is 55.5 Å². The van der Waals surface area contributed by atoms with Crippen LogP contribution < -0.4 is 5.32 Å². The number of nitrogens with zero attached hydrogens (tertiary/aromatic N) is 2. The van der Waals surface area contributed by atoms with Crippen LogP contribution >= 0.6 is 0 Å². The Bertz CT molecular complexity index is 260. The molecular formula is C11H21N3O2.